The van der Waals surface area contributed by atoms with Crippen LogP contribution in [0.2, 0.25) is 0 Å². The largest absolute Gasteiger partial charge is 0.497 e. The highest BCUT2D eigenvalue weighted by molar-refractivity contribution is 7.55. The lowest BCUT2D eigenvalue weighted by Crippen LogP contribution is -2.17. The van der Waals surface area contributed by atoms with Crippen molar-refractivity contribution in [3.05, 3.63) is 42.5 Å². The molecule has 0 aromatic heterocycles. The molecule has 1 atom stereocenters. The summed E-state index contributed by atoms with van der Waals surface area (Å²) in [6.45, 7) is 5.83. The summed E-state index contributed by atoms with van der Waals surface area (Å²) in [5.41, 5.74) is 0. The summed E-state index contributed by atoms with van der Waals surface area (Å²) in [5, 5.41) is 0.354. The van der Waals surface area contributed by atoms with E-state index in [1.165, 1.54) is 0 Å². The molecule has 0 heterocycles. The second kappa shape index (κ2) is 10.0. The maximum Gasteiger partial charge on any atom is 0.390 e. The van der Waals surface area contributed by atoms with E-state index in [9.17, 15) is 4.57 Å². The molecule has 2 aromatic carbocycles. The van der Waals surface area contributed by atoms with Gasteiger partial charge in [-0.25, -0.2) is 0 Å². The van der Waals surface area contributed by atoms with Crippen molar-refractivity contribution in [2.45, 2.75) is 25.9 Å². The summed E-state index contributed by atoms with van der Waals surface area (Å²) in [5.74, 6) is 2.88. The van der Waals surface area contributed by atoms with E-state index in [0.29, 0.717) is 16.8 Å². The predicted molar refractivity (Wildman–Crippen MR) is 106 cm³/mol. The van der Waals surface area contributed by atoms with E-state index in [1.807, 2.05) is 51.1 Å². The highest BCUT2D eigenvalue weighted by Gasteiger charge is 2.41. The second-order valence-electron chi connectivity index (χ2n) is 6.36. The first-order chi connectivity index (χ1) is 12.3. The summed E-state index contributed by atoms with van der Waals surface area (Å²) in [6, 6.07) is 12.9. The molecule has 0 amide bonds. The molecule has 2 rings (SSSR count). The fourth-order valence-corrected chi connectivity index (χ4v) is 3.50. The second-order valence-corrected chi connectivity index (χ2v) is 8.74. The Kier molecular flexibility index (Phi) is 8.40. The van der Waals surface area contributed by atoms with Crippen LogP contribution in [0.5, 0.6) is 23.0 Å². The van der Waals surface area contributed by atoms with Gasteiger partial charge < -0.3 is 18.9 Å². The highest BCUT2D eigenvalue weighted by Crippen LogP contribution is 2.42. The number of ether oxygens (including phenoxy) is 4. The maximum atomic E-state index is 12.4. The number of rotatable bonds is 5. The molecule has 0 aliphatic heterocycles. The van der Waals surface area contributed by atoms with Gasteiger partial charge in [-0.05, 0) is 45.0 Å². The zero-order chi connectivity index (χ0) is 19.7. The van der Waals surface area contributed by atoms with Crippen LogP contribution < -0.4 is 24.3 Å². The quantitative estimate of drug-likeness (QED) is 0.708. The Labute approximate surface area is 157 Å². The molecule has 0 fully saturated rings. The molecule has 2 aromatic rings. The van der Waals surface area contributed by atoms with E-state index >= 15 is 0 Å². The summed E-state index contributed by atoms with van der Waals surface area (Å²) in [6.07, 6.45) is 0. The van der Waals surface area contributed by atoms with Crippen LogP contribution >= 0.6 is 7.80 Å². The van der Waals surface area contributed by atoms with E-state index in [4.69, 9.17) is 18.9 Å². The van der Waals surface area contributed by atoms with Gasteiger partial charge in [-0.1, -0.05) is 16.7 Å². The third kappa shape index (κ3) is 5.92. The third-order valence-corrected chi connectivity index (χ3v) is 5.56. The molecule has 26 heavy (non-hydrogen) atoms. The summed E-state index contributed by atoms with van der Waals surface area (Å²) in [7, 11) is 4.84. The SMILES string of the molecule is COc1cccc(OC)c1.COc1cccc(OC)c1[P+](=O)C(C)(C)C. The molecule has 5 nitrogen and oxygen atoms in total. The lowest BCUT2D eigenvalue weighted by molar-refractivity contribution is 0.394. The van der Waals surface area contributed by atoms with Crippen molar-refractivity contribution >= 4 is 13.1 Å². The minimum atomic E-state index is -1.57. The van der Waals surface area contributed by atoms with Crippen molar-refractivity contribution in [2.24, 2.45) is 0 Å². The van der Waals surface area contributed by atoms with Gasteiger partial charge in [0.2, 0.25) is 0 Å². The van der Waals surface area contributed by atoms with Gasteiger partial charge in [-0.15, -0.1) is 0 Å². The molecule has 0 aliphatic rings. The molecular formula is C20H28O5P+. The first kappa shape index (κ1) is 21.8. The number of hydrogen-bond donors (Lipinski definition) is 0. The zero-order valence-corrected chi connectivity index (χ0v) is 17.4. The molecule has 0 bridgehead atoms. The van der Waals surface area contributed by atoms with Crippen LogP contribution in [0.15, 0.2) is 42.5 Å². The normalized spacial score (nSPS) is 11.0. The molecule has 0 radical (unpaired) electrons. The highest BCUT2D eigenvalue weighted by atomic mass is 31.1. The Morgan fingerprint density at radius 1 is 0.731 bits per heavy atom. The van der Waals surface area contributed by atoms with E-state index in [2.05, 4.69) is 0 Å². The van der Waals surface area contributed by atoms with Crippen LogP contribution in [0.4, 0.5) is 0 Å². The van der Waals surface area contributed by atoms with Gasteiger partial charge in [0.25, 0.3) is 5.30 Å². The maximum absolute atomic E-state index is 12.4. The van der Waals surface area contributed by atoms with E-state index in [0.717, 1.165) is 11.5 Å². The Bertz CT molecular complexity index is 681. The predicted octanol–water partition coefficient (Wildman–Crippen LogP) is 4.66. The molecule has 6 heteroatoms. The Hall–Kier alpha value is -2.26. The Morgan fingerprint density at radius 2 is 1.15 bits per heavy atom. The van der Waals surface area contributed by atoms with Crippen LogP contribution in [-0.4, -0.2) is 33.6 Å². The summed E-state index contributed by atoms with van der Waals surface area (Å²) >= 11 is 0. The molecule has 0 saturated heterocycles. The van der Waals surface area contributed by atoms with Crippen molar-refractivity contribution in [1.29, 1.82) is 0 Å². The van der Waals surface area contributed by atoms with Crippen molar-refractivity contribution in [2.75, 3.05) is 28.4 Å². The standard InChI is InChI=1S/C12H18O3P.C8H10O2/c1-12(2,3)16(13)11-9(14-4)7-6-8-10(11)15-5;1-9-7-4-3-5-8(6-7)10-2/h6-8H,1-5H3;3-6H,1-2H3/q+1;. The molecule has 0 spiro atoms. The van der Waals surface area contributed by atoms with Gasteiger partial charge in [0.05, 0.1) is 28.4 Å². The fourth-order valence-electron chi connectivity index (χ4n) is 2.10. The Balaban J connectivity index is 0.000000289. The Morgan fingerprint density at radius 3 is 1.50 bits per heavy atom. The van der Waals surface area contributed by atoms with Crippen LogP contribution in [0.1, 0.15) is 20.8 Å². The van der Waals surface area contributed by atoms with Gasteiger partial charge in [-0.2, -0.15) is 0 Å². The first-order valence-electron chi connectivity index (χ1n) is 8.14. The van der Waals surface area contributed by atoms with Crippen LogP contribution in [0.3, 0.4) is 0 Å². The molecule has 0 N–H and O–H groups in total. The molecule has 0 aliphatic carbocycles. The third-order valence-electron chi connectivity index (χ3n) is 3.49. The van der Waals surface area contributed by atoms with Crippen LogP contribution in [0.25, 0.3) is 0 Å². The number of benzene rings is 2. The first-order valence-corrected chi connectivity index (χ1v) is 9.40. The molecule has 0 saturated carbocycles. The topological polar surface area (TPSA) is 54.0 Å². The number of methoxy groups -OCH3 is 4. The van der Waals surface area contributed by atoms with Gasteiger partial charge in [-0.3, -0.25) is 0 Å². The average Bonchev–Trinajstić information content (AvgIpc) is 2.66. The summed E-state index contributed by atoms with van der Waals surface area (Å²) < 4.78 is 32.8. The monoisotopic (exact) mass is 379 g/mol. The van der Waals surface area contributed by atoms with Crippen molar-refractivity contribution in [1.82, 2.24) is 0 Å². The van der Waals surface area contributed by atoms with Gasteiger partial charge >= 0.3 is 7.80 Å². The minimum Gasteiger partial charge on any atom is -0.497 e. The molecular weight excluding hydrogens is 351 g/mol. The summed E-state index contributed by atoms with van der Waals surface area (Å²) in [4.78, 5) is 0. The lowest BCUT2D eigenvalue weighted by atomic mass is 10.3. The van der Waals surface area contributed by atoms with Crippen LogP contribution in [-0.2, 0) is 4.57 Å². The van der Waals surface area contributed by atoms with Crippen molar-refractivity contribution in [3.63, 3.8) is 0 Å². The molecule has 142 valence electrons. The molecule has 1 unspecified atom stereocenters. The zero-order valence-electron chi connectivity index (χ0n) is 16.5. The van der Waals surface area contributed by atoms with E-state index in [1.54, 1.807) is 40.6 Å². The average molecular weight is 379 g/mol. The van der Waals surface area contributed by atoms with Crippen molar-refractivity contribution < 1.29 is 23.5 Å². The smallest absolute Gasteiger partial charge is 0.390 e. The van der Waals surface area contributed by atoms with E-state index in [-0.39, 0.29) is 5.16 Å². The number of hydrogen-bond acceptors (Lipinski definition) is 5. The lowest BCUT2D eigenvalue weighted by Gasteiger charge is -2.10. The van der Waals surface area contributed by atoms with Crippen LogP contribution in [0, 0.1) is 0 Å². The van der Waals surface area contributed by atoms with E-state index < -0.39 is 7.80 Å². The fraction of sp³-hybridized carbons (Fsp3) is 0.400. The van der Waals surface area contributed by atoms with Gasteiger partial charge in [0, 0.05) is 6.07 Å². The van der Waals surface area contributed by atoms with Crippen molar-refractivity contribution in [3.8, 4) is 23.0 Å². The van der Waals surface area contributed by atoms with Gasteiger partial charge in [0.15, 0.2) is 16.7 Å². The van der Waals surface area contributed by atoms with Gasteiger partial charge in [0.1, 0.15) is 11.5 Å². The minimum absolute atomic E-state index is 0.308.